The molecule has 22 heavy (non-hydrogen) atoms. The van der Waals surface area contributed by atoms with Crippen molar-refractivity contribution in [2.45, 2.75) is 19.6 Å². The van der Waals surface area contributed by atoms with Crippen molar-refractivity contribution in [1.82, 2.24) is 0 Å². The fourth-order valence-corrected chi connectivity index (χ4v) is 3.14. The molecule has 2 heteroatoms. The second-order valence-electron chi connectivity index (χ2n) is 5.55. The second-order valence-corrected chi connectivity index (χ2v) is 5.55. The van der Waals surface area contributed by atoms with Crippen LogP contribution in [0.3, 0.4) is 0 Å². The molecule has 0 saturated carbocycles. The minimum atomic E-state index is -0.151. The molecule has 1 atom stereocenters. The molecule has 0 radical (unpaired) electrons. The molecule has 1 aliphatic rings. The van der Waals surface area contributed by atoms with Gasteiger partial charge >= 0.3 is 0 Å². The summed E-state index contributed by atoms with van der Waals surface area (Å²) in [6.45, 7) is 2.67. The fraction of sp³-hybridized carbons (Fsp3) is 0.200. The molecule has 0 saturated heterocycles. The van der Waals surface area contributed by atoms with Crippen LogP contribution in [0.5, 0.6) is 5.75 Å². The van der Waals surface area contributed by atoms with Gasteiger partial charge in [0.25, 0.3) is 0 Å². The molecule has 0 bridgehead atoms. The minimum Gasteiger partial charge on any atom is -0.464 e. The number of hydrogen-bond donors (Lipinski definition) is 0. The topological polar surface area (TPSA) is 18.5 Å². The van der Waals surface area contributed by atoms with Crippen LogP contribution >= 0.6 is 0 Å². The summed E-state index contributed by atoms with van der Waals surface area (Å²) >= 11 is 0. The van der Waals surface area contributed by atoms with Crippen LogP contribution in [0.25, 0.3) is 21.9 Å². The van der Waals surface area contributed by atoms with Crippen LogP contribution in [0.4, 0.5) is 0 Å². The lowest BCUT2D eigenvalue weighted by Gasteiger charge is -2.08. The Hall–Kier alpha value is -2.32. The Morgan fingerprint density at radius 1 is 1.00 bits per heavy atom. The normalized spacial score (nSPS) is 16.5. The molecule has 1 unspecified atom stereocenters. The fourth-order valence-electron chi connectivity index (χ4n) is 3.14. The van der Waals surface area contributed by atoms with Gasteiger partial charge in [-0.15, -0.1) is 0 Å². The Kier molecular flexibility index (Phi) is 3.32. The van der Waals surface area contributed by atoms with Crippen molar-refractivity contribution in [2.75, 3.05) is 6.61 Å². The van der Waals surface area contributed by atoms with E-state index in [1.165, 1.54) is 27.5 Å². The highest BCUT2D eigenvalue weighted by molar-refractivity contribution is 5.88. The lowest BCUT2D eigenvalue weighted by atomic mass is 9.96. The molecule has 0 aliphatic carbocycles. The van der Waals surface area contributed by atoms with Crippen LogP contribution < -0.4 is 4.74 Å². The summed E-state index contributed by atoms with van der Waals surface area (Å²) in [6, 6.07) is 21.3. The third kappa shape index (κ3) is 2.26. The monoisotopic (exact) mass is 290 g/mol. The number of benzene rings is 3. The van der Waals surface area contributed by atoms with E-state index in [2.05, 4.69) is 54.6 Å². The molecular weight excluding hydrogens is 272 g/mol. The van der Waals surface area contributed by atoms with Crippen molar-refractivity contribution >= 4 is 10.8 Å². The zero-order chi connectivity index (χ0) is 14.9. The lowest BCUT2D eigenvalue weighted by Crippen LogP contribution is -2.17. The van der Waals surface area contributed by atoms with Crippen molar-refractivity contribution in [2.24, 2.45) is 0 Å². The maximum absolute atomic E-state index is 5.87. The van der Waals surface area contributed by atoms with E-state index in [0.29, 0.717) is 6.61 Å². The van der Waals surface area contributed by atoms with Crippen LogP contribution in [0.1, 0.15) is 12.5 Å². The summed E-state index contributed by atoms with van der Waals surface area (Å²) in [5.41, 5.74) is 3.72. The van der Waals surface area contributed by atoms with Gasteiger partial charge in [-0.25, -0.2) is 0 Å². The average molecular weight is 290 g/mol. The highest BCUT2D eigenvalue weighted by Crippen LogP contribution is 2.37. The van der Waals surface area contributed by atoms with Gasteiger partial charge in [0.15, 0.2) is 0 Å². The maximum atomic E-state index is 5.87. The Morgan fingerprint density at radius 3 is 2.73 bits per heavy atom. The zero-order valence-electron chi connectivity index (χ0n) is 12.6. The third-order valence-electron chi connectivity index (χ3n) is 4.18. The molecular formula is C20H18O2. The highest BCUT2D eigenvalue weighted by Gasteiger charge is 2.25. The largest absolute Gasteiger partial charge is 0.464 e. The number of rotatable bonds is 3. The van der Waals surface area contributed by atoms with E-state index in [0.717, 1.165) is 12.2 Å². The summed E-state index contributed by atoms with van der Waals surface area (Å²) < 4.78 is 11.5. The second kappa shape index (κ2) is 5.47. The number of hydrogen-bond acceptors (Lipinski definition) is 2. The van der Waals surface area contributed by atoms with Crippen LogP contribution in [-0.2, 0) is 11.2 Å². The molecule has 0 amide bonds. The van der Waals surface area contributed by atoms with Gasteiger partial charge in [0.2, 0.25) is 6.29 Å². The molecule has 110 valence electrons. The van der Waals surface area contributed by atoms with Gasteiger partial charge in [-0.05, 0) is 41.0 Å². The van der Waals surface area contributed by atoms with E-state index in [-0.39, 0.29) is 6.29 Å². The maximum Gasteiger partial charge on any atom is 0.204 e. The lowest BCUT2D eigenvalue weighted by molar-refractivity contribution is -0.0602. The van der Waals surface area contributed by atoms with Crippen molar-refractivity contribution in [3.8, 4) is 16.9 Å². The van der Waals surface area contributed by atoms with E-state index in [1.54, 1.807) is 0 Å². The molecule has 0 aromatic heterocycles. The van der Waals surface area contributed by atoms with Crippen molar-refractivity contribution in [3.63, 3.8) is 0 Å². The van der Waals surface area contributed by atoms with Crippen LogP contribution in [-0.4, -0.2) is 12.9 Å². The molecule has 0 fully saturated rings. The quantitative estimate of drug-likeness (QED) is 0.689. The Morgan fingerprint density at radius 2 is 1.86 bits per heavy atom. The first-order valence-electron chi connectivity index (χ1n) is 7.74. The Balaban J connectivity index is 1.78. The van der Waals surface area contributed by atoms with Gasteiger partial charge in [0, 0.05) is 18.6 Å². The van der Waals surface area contributed by atoms with E-state index in [9.17, 15) is 0 Å². The first-order valence-corrected chi connectivity index (χ1v) is 7.74. The van der Waals surface area contributed by atoms with Gasteiger partial charge in [0.05, 0.1) is 0 Å². The smallest absolute Gasteiger partial charge is 0.204 e. The first-order chi connectivity index (χ1) is 10.8. The summed E-state index contributed by atoms with van der Waals surface area (Å²) in [5.74, 6) is 0.948. The Bertz CT molecular complexity index is 823. The van der Waals surface area contributed by atoms with Gasteiger partial charge in [0.1, 0.15) is 5.75 Å². The molecule has 0 spiro atoms. The predicted molar refractivity (Wildman–Crippen MR) is 89.1 cm³/mol. The molecule has 3 aromatic carbocycles. The summed E-state index contributed by atoms with van der Waals surface area (Å²) in [5, 5.41) is 2.53. The summed E-state index contributed by atoms with van der Waals surface area (Å²) in [6.07, 6.45) is 0.660. The molecule has 2 nitrogen and oxygen atoms in total. The number of fused-ring (bicyclic) bond motifs is 2. The van der Waals surface area contributed by atoms with Crippen molar-refractivity contribution in [1.29, 1.82) is 0 Å². The minimum absolute atomic E-state index is 0.151. The summed E-state index contributed by atoms with van der Waals surface area (Å²) in [4.78, 5) is 0. The SMILES string of the molecule is CCOC1Cc2c(cccc2-c2ccc3ccccc3c2)O1. The molecule has 1 aliphatic heterocycles. The average Bonchev–Trinajstić information content (AvgIpc) is 2.97. The molecule has 0 N–H and O–H groups in total. The van der Waals surface area contributed by atoms with E-state index in [4.69, 9.17) is 9.47 Å². The van der Waals surface area contributed by atoms with Crippen LogP contribution in [0.15, 0.2) is 60.7 Å². The zero-order valence-corrected chi connectivity index (χ0v) is 12.6. The van der Waals surface area contributed by atoms with Gasteiger partial charge in [-0.2, -0.15) is 0 Å². The van der Waals surface area contributed by atoms with Crippen molar-refractivity contribution in [3.05, 3.63) is 66.2 Å². The van der Waals surface area contributed by atoms with Crippen LogP contribution in [0, 0.1) is 0 Å². The van der Waals surface area contributed by atoms with E-state index in [1.807, 2.05) is 13.0 Å². The summed E-state index contributed by atoms with van der Waals surface area (Å²) in [7, 11) is 0. The molecule has 3 aromatic rings. The van der Waals surface area contributed by atoms with Gasteiger partial charge < -0.3 is 9.47 Å². The molecule has 1 heterocycles. The first kappa shape index (κ1) is 13.4. The van der Waals surface area contributed by atoms with Crippen LogP contribution in [0.2, 0.25) is 0 Å². The third-order valence-corrected chi connectivity index (χ3v) is 4.18. The Labute approximate surface area is 130 Å². The van der Waals surface area contributed by atoms with E-state index < -0.39 is 0 Å². The van der Waals surface area contributed by atoms with Gasteiger partial charge in [-0.3, -0.25) is 0 Å². The predicted octanol–water partition coefficient (Wildman–Crippen LogP) is 4.80. The van der Waals surface area contributed by atoms with E-state index >= 15 is 0 Å². The van der Waals surface area contributed by atoms with Crippen molar-refractivity contribution < 1.29 is 9.47 Å². The number of ether oxygens (including phenoxy) is 2. The van der Waals surface area contributed by atoms with Gasteiger partial charge in [-0.1, -0.05) is 48.5 Å². The highest BCUT2D eigenvalue weighted by atomic mass is 16.7. The standard InChI is InChI=1S/C20H18O2/c1-2-21-20-13-18-17(8-5-9-19(18)22-20)16-11-10-14-6-3-4-7-15(14)12-16/h3-12,20H,2,13H2,1H3. The molecule has 4 rings (SSSR count).